The molecule has 7 nitrogen and oxygen atoms in total. The molecular weight excluding hydrogens is 434 g/mol. The molecule has 0 saturated heterocycles. The minimum Gasteiger partial charge on any atom is -0.380 e. The topological polar surface area (TPSA) is 81.0 Å². The molecule has 0 bridgehead atoms. The van der Waals surface area contributed by atoms with E-state index < -0.39 is 15.9 Å². The number of carbonyl (C=O) groups excluding carboxylic acids is 1. The lowest BCUT2D eigenvalue weighted by Crippen LogP contribution is -2.30. The summed E-state index contributed by atoms with van der Waals surface area (Å²) in [5.41, 5.74) is 1.34. The number of rotatable bonds is 9. The van der Waals surface area contributed by atoms with Crippen molar-refractivity contribution in [3.8, 4) is 0 Å². The van der Waals surface area contributed by atoms with Gasteiger partial charge in [0.1, 0.15) is 0 Å². The second-order valence-corrected chi connectivity index (χ2v) is 9.68. The number of fused-ring (bicyclic) bond motifs is 1. The fourth-order valence-electron chi connectivity index (χ4n) is 3.26. The number of hydrogen-bond donors (Lipinski definition) is 0. The molecule has 31 heavy (non-hydrogen) atoms. The summed E-state index contributed by atoms with van der Waals surface area (Å²) < 4.78 is 35.2. The van der Waals surface area contributed by atoms with E-state index in [-0.39, 0.29) is 4.90 Å². The maximum Gasteiger partial charge on any atom is 0.279 e. The molecule has 0 atom stereocenters. The summed E-state index contributed by atoms with van der Waals surface area (Å²) in [5, 5.41) is 0. The van der Waals surface area contributed by atoms with Crippen molar-refractivity contribution in [1.29, 1.82) is 0 Å². The van der Waals surface area contributed by atoms with E-state index in [0.29, 0.717) is 43.2 Å². The Morgan fingerprint density at radius 3 is 2.39 bits per heavy atom. The van der Waals surface area contributed by atoms with Gasteiger partial charge in [0.05, 0.1) is 21.7 Å². The van der Waals surface area contributed by atoms with Gasteiger partial charge in [-0.1, -0.05) is 37.3 Å². The highest BCUT2D eigenvalue weighted by atomic mass is 32.2. The first-order chi connectivity index (χ1) is 14.9. The van der Waals surface area contributed by atoms with Crippen LogP contribution in [0.1, 0.15) is 31.1 Å². The predicted octanol–water partition coefficient (Wildman–Crippen LogP) is 3.51. The number of aromatic nitrogens is 1. The molecular formula is C22H27N3O4S2. The SMILES string of the molecule is CCOCCn1c(=NC(=O)c2ccc(S(=O)(=O)N(CC)CC)cc2)sc2ccccc21. The molecule has 0 unspecified atom stereocenters. The van der Waals surface area contributed by atoms with Crippen LogP contribution in [0.15, 0.2) is 58.4 Å². The molecule has 0 aliphatic carbocycles. The highest BCUT2D eigenvalue weighted by Crippen LogP contribution is 2.18. The molecule has 0 fully saturated rings. The maximum absolute atomic E-state index is 12.8. The standard InChI is InChI=1S/C22H27N3O4S2/c1-4-24(5-2)31(27,28)18-13-11-17(12-14-18)21(26)23-22-25(15-16-29-6-3)19-9-7-8-10-20(19)30-22/h7-14H,4-6,15-16H2,1-3H3. The van der Waals surface area contributed by atoms with Gasteiger partial charge in [-0.25, -0.2) is 8.42 Å². The van der Waals surface area contributed by atoms with Gasteiger partial charge in [0.25, 0.3) is 5.91 Å². The molecule has 0 radical (unpaired) electrons. The van der Waals surface area contributed by atoms with Crippen LogP contribution in [0.25, 0.3) is 10.2 Å². The van der Waals surface area contributed by atoms with Crippen LogP contribution in [0.4, 0.5) is 0 Å². The van der Waals surface area contributed by atoms with Crippen molar-refractivity contribution in [2.24, 2.45) is 4.99 Å². The van der Waals surface area contributed by atoms with Gasteiger partial charge in [-0.15, -0.1) is 0 Å². The predicted molar refractivity (Wildman–Crippen MR) is 123 cm³/mol. The molecule has 0 aliphatic rings. The van der Waals surface area contributed by atoms with Crippen LogP contribution in [0.2, 0.25) is 0 Å². The Bertz CT molecular complexity index is 1210. The van der Waals surface area contributed by atoms with E-state index in [1.165, 1.54) is 39.9 Å². The molecule has 166 valence electrons. The molecule has 0 saturated carbocycles. The first-order valence-corrected chi connectivity index (χ1v) is 12.5. The smallest absolute Gasteiger partial charge is 0.279 e. The Morgan fingerprint density at radius 2 is 1.74 bits per heavy atom. The van der Waals surface area contributed by atoms with E-state index in [0.717, 1.165) is 10.2 Å². The second kappa shape index (κ2) is 10.3. The zero-order valence-corrected chi connectivity index (χ0v) is 19.6. The average Bonchev–Trinajstić information content (AvgIpc) is 3.11. The lowest BCUT2D eigenvalue weighted by atomic mass is 10.2. The Labute approximate surface area is 186 Å². The molecule has 1 amide bonds. The van der Waals surface area contributed by atoms with E-state index in [9.17, 15) is 13.2 Å². The quantitative estimate of drug-likeness (QED) is 0.457. The van der Waals surface area contributed by atoms with Gasteiger partial charge in [0, 0.05) is 31.8 Å². The van der Waals surface area contributed by atoms with Crippen LogP contribution in [0, 0.1) is 0 Å². The van der Waals surface area contributed by atoms with E-state index in [1.54, 1.807) is 13.8 Å². The third-order valence-electron chi connectivity index (χ3n) is 4.89. The number of nitrogens with zero attached hydrogens (tertiary/aromatic N) is 3. The minimum atomic E-state index is -3.56. The van der Waals surface area contributed by atoms with Crippen LogP contribution < -0.4 is 4.80 Å². The van der Waals surface area contributed by atoms with Crippen molar-refractivity contribution in [3.63, 3.8) is 0 Å². The van der Waals surface area contributed by atoms with Gasteiger partial charge in [0.15, 0.2) is 4.80 Å². The Morgan fingerprint density at radius 1 is 1.06 bits per heavy atom. The van der Waals surface area contributed by atoms with Gasteiger partial charge in [-0.05, 0) is 43.3 Å². The van der Waals surface area contributed by atoms with Gasteiger partial charge in [-0.3, -0.25) is 4.79 Å². The number of ether oxygens (including phenoxy) is 1. The molecule has 3 rings (SSSR count). The molecule has 0 aliphatic heterocycles. The van der Waals surface area contributed by atoms with Crippen LogP contribution >= 0.6 is 11.3 Å². The zero-order valence-electron chi connectivity index (χ0n) is 17.9. The molecule has 2 aromatic carbocycles. The van der Waals surface area contributed by atoms with E-state index >= 15 is 0 Å². The number of hydrogen-bond acceptors (Lipinski definition) is 5. The van der Waals surface area contributed by atoms with Crippen molar-refractivity contribution >= 4 is 37.5 Å². The molecule has 0 N–H and O–H groups in total. The highest BCUT2D eigenvalue weighted by molar-refractivity contribution is 7.89. The second-order valence-electron chi connectivity index (χ2n) is 6.73. The third kappa shape index (κ3) is 5.12. The Kier molecular flexibility index (Phi) is 7.77. The van der Waals surface area contributed by atoms with Gasteiger partial charge >= 0.3 is 0 Å². The summed E-state index contributed by atoms with van der Waals surface area (Å²) in [7, 11) is -3.56. The van der Waals surface area contributed by atoms with E-state index in [1.807, 2.05) is 35.8 Å². The number of thiazole rings is 1. The van der Waals surface area contributed by atoms with Crippen molar-refractivity contribution in [1.82, 2.24) is 8.87 Å². The minimum absolute atomic E-state index is 0.168. The summed E-state index contributed by atoms with van der Waals surface area (Å²) in [6, 6.07) is 13.8. The van der Waals surface area contributed by atoms with Crippen LogP contribution in [-0.4, -0.2) is 49.5 Å². The highest BCUT2D eigenvalue weighted by Gasteiger charge is 2.21. The lowest BCUT2D eigenvalue weighted by Gasteiger charge is -2.18. The van der Waals surface area contributed by atoms with E-state index in [2.05, 4.69) is 4.99 Å². The van der Waals surface area contributed by atoms with Crippen LogP contribution in [0.3, 0.4) is 0 Å². The third-order valence-corrected chi connectivity index (χ3v) is 8.02. The summed E-state index contributed by atoms with van der Waals surface area (Å²) in [6.45, 7) is 8.05. The Hall–Kier alpha value is -2.33. The number of sulfonamides is 1. The number of amides is 1. The van der Waals surface area contributed by atoms with Crippen molar-refractivity contribution in [2.45, 2.75) is 32.2 Å². The number of benzene rings is 2. The normalized spacial score (nSPS) is 12.7. The molecule has 1 heterocycles. The van der Waals surface area contributed by atoms with Crippen LogP contribution in [-0.2, 0) is 21.3 Å². The average molecular weight is 462 g/mol. The van der Waals surface area contributed by atoms with Crippen LogP contribution in [0.5, 0.6) is 0 Å². The number of carbonyl (C=O) groups is 1. The summed E-state index contributed by atoms with van der Waals surface area (Å²) in [4.78, 5) is 17.9. The van der Waals surface area contributed by atoms with Gasteiger partial charge < -0.3 is 9.30 Å². The van der Waals surface area contributed by atoms with Crippen molar-refractivity contribution < 1.29 is 17.9 Å². The van der Waals surface area contributed by atoms with Crippen molar-refractivity contribution in [3.05, 3.63) is 58.9 Å². The van der Waals surface area contributed by atoms with Crippen molar-refractivity contribution in [2.75, 3.05) is 26.3 Å². The molecule has 3 aromatic rings. The zero-order chi connectivity index (χ0) is 22.4. The van der Waals surface area contributed by atoms with E-state index in [4.69, 9.17) is 4.74 Å². The lowest BCUT2D eigenvalue weighted by molar-refractivity contribution is 0.0996. The number of para-hydroxylation sites is 1. The maximum atomic E-state index is 12.8. The fourth-order valence-corrected chi connectivity index (χ4v) is 5.77. The molecule has 1 aromatic heterocycles. The summed E-state index contributed by atoms with van der Waals surface area (Å²) >= 11 is 1.44. The summed E-state index contributed by atoms with van der Waals surface area (Å²) in [5.74, 6) is -0.413. The molecule has 0 spiro atoms. The first-order valence-electron chi connectivity index (χ1n) is 10.3. The van der Waals surface area contributed by atoms with Gasteiger partial charge in [0.2, 0.25) is 10.0 Å². The summed E-state index contributed by atoms with van der Waals surface area (Å²) in [6.07, 6.45) is 0. The monoisotopic (exact) mass is 461 g/mol. The fraction of sp³-hybridized carbons (Fsp3) is 0.364. The molecule has 9 heteroatoms. The van der Waals surface area contributed by atoms with Gasteiger partial charge in [-0.2, -0.15) is 9.30 Å². The Balaban J connectivity index is 1.93. The largest absolute Gasteiger partial charge is 0.380 e. The first kappa shape index (κ1) is 23.3.